The number of rotatable bonds is 5. The fourth-order valence-electron chi connectivity index (χ4n) is 1.98. The molecule has 2 atom stereocenters. The number of hydrogen-bond donors (Lipinski definition) is 0. The fraction of sp³-hybridized carbons (Fsp3) is 0.467. The molecule has 0 saturated carbocycles. The summed E-state index contributed by atoms with van der Waals surface area (Å²) < 4.78 is 11.2. The lowest BCUT2D eigenvalue weighted by Gasteiger charge is -2.25. The zero-order valence-electron chi connectivity index (χ0n) is 10.3. The average Bonchev–Trinajstić information content (AvgIpc) is 2.41. The van der Waals surface area contributed by atoms with Crippen molar-refractivity contribution in [2.45, 2.75) is 38.4 Å². The minimum absolute atomic E-state index is 0.0863. The summed E-state index contributed by atoms with van der Waals surface area (Å²) >= 11 is 0. The molecule has 1 aliphatic heterocycles. The second kappa shape index (κ2) is 6.45. The third kappa shape index (κ3) is 3.60. The molecule has 0 saturated heterocycles. The van der Waals surface area contributed by atoms with Crippen LogP contribution in [0.4, 0.5) is 0 Å². The van der Waals surface area contributed by atoms with Crippen LogP contribution in [0.1, 0.15) is 37.7 Å². The highest BCUT2D eigenvalue weighted by Crippen LogP contribution is 2.27. The Bertz CT molecular complexity index is 345. The van der Waals surface area contributed by atoms with E-state index in [1.54, 1.807) is 6.26 Å². The van der Waals surface area contributed by atoms with Crippen LogP contribution in [0, 0.1) is 0 Å². The molecule has 0 aromatic heterocycles. The maximum absolute atomic E-state index is 5.70. The zero-order valence-corrected chi connectivity index (χ0v) is 10.3. The van der Waals surface area contributed by atoms with Crippen molar-refractivity contribution in [1.29, 1.82) is 0 Å². The van der Waals surface area contributed by atoms with Gasteiger partial charge in [-0.05, 0) is 18.1 Å². The van der Waals surface area contributed by atoms with Gasteiger partial charge in [-0.25, -0.2) is 0 Å². The van der Waals surface area contributed by atoms with Crippen molar-refractivity contribution in [2.24, 2.45) is 0 Å². The van der Waals surface area contributed by atoms with Crippen LogP contribution in [-0.2, 0) is 9.47 Å². The number of ether oxygens (including phenoxy) is 2. The van der Waals surface area contributed by atoms with E-state index in [0.29, 0.717) is 5.92 Å². The highest BCUT2D eigenvalue weighted by Gasteiger charge is 2.20. The van der Waals surface area contributed by atoms with E-state index in [0.717, 1.165) is 25.9 Å². The van der Waals surface area contributed by atoms with Crippen molar-refractivity contribution in [3.8, 4) is 0 Å². The van der Waals surface area contributed by atoms with Gasteiger partial charge in [0.15, 0.2) is 6.29 Å². The molecule has 17 heavy (non-hydrogen) atoms. The van der Waals surface area contributed by atoms with Gasteiger partial charge in [0.1, 0.15) is 0 Å². The molecule has 1 heterocycles. The summed E-state index contributed by atoms with van der Waals surface area (Å²) in [5.41, 5.74) is 1.33. The monoisotopic (exact) mass is 232 g/mol. The van der Waals surface area contributed by atoms with E-state index in [2.05, 4.69) is 37.3 Å². The lowest BCUT2D eigenvalue weighted by Crippen LogP contribution is -2.21. The lowest BCUT2D eigenvalue weighted by molar-refractivity contribution is -0.118. The van der Waals surface area contributed by atoms with Crippen LogP contribution >= 0.6 is 0 Å². The second-order valence-corrected chi connectivity index (χ2v) is 4.37. The molecule has 0 spiro atoms. The average molecular weight is 232 g/mol. The van der Waals surface area contributed by atoms with E-state index in [-0.39, 0.29) is 6.29 Å². The van der Waals surface area contributed by atoms with Gasteiger partial charge >= 0.3 is 0 Å². The molecule has 1 aromatic rings. The lowest BCUT2D eigenvalue weighted by atomic mass is 9.94. The first-order chi connectivity index (χ1) is 8.40. The third-order valence-electron chi connectivity index (χ3n) is 3.02. The summed E-state index contributed by atoms with van der Waals surface area (Å²) in [6.07, 6.45) is 6.96. The van der Waals surface area contributed by atoms with Gasteiger partial charge in [0, 0.05) is 12.3 Å². The summed E-state index contributed by atoms with van der Waals surface area (Å²) in [6, 6.07) is 10.5. The van der Waals surface area contributed by atoms with Crippen LogP contribution in [0.15, 0.2) is 42.7 Å². The van der Waals surface area contributed by atoms with Crippen LogP contribution in [0.25, 0.3) is 0 Å². The molecule has 1 aliphatic rings. The van der Waals surface area contributed by atoms with Gasteiger partial charge in [-0.3, -0.25) is 0 Å². The van der Waals surface area contributed by atoms with Crippen molar-refractivity contribution in [3.05, 3.63) is 48.2 Å². The first-order valence-corrected chi connectivity index (χ1v) is 6.39. The molecule has 2 nitrogen and oxygen atoms in total. The molecule has 92 valence electrons. The third-order valence-corrected chi connectivity index (χ3v) is 3.02. The minimum atomic E-state index is -0.0863. The normalized spacial score (nSPS) is 23.4. The first kappa shape index (κ1) is 12.2. The van der Waals surface area contributed by atoms with Crippen molar-refractivity contribution < 1.29 is 9.47 Å². The topological polar surface area (TPSA) is 18.5 Å². The summed E-state index contributed by atoms with van der Waals surface area (Å²) in [5.74, 6) is 0.413. The van der Waals surface area contributed by atoms with Gasteiger partial charge in [0.25, 0.3) is 0 Å². The number of unbranched alkanes of at least 4 members (excludes halogenated alkanes) is 1. The Hall–Kier alpha value is -1.28. The van der Waals surface area contributed by atoms with Gasteiger partial charge in [0.2, 0.25) is 0 Å². The van der Waals surface area contributed by atoms with Crippen LogP contribution < -0.4 is 0 Å². The second-order valence-electron chi connectivity index (χ2n) is 4.37. The molecule has 2 rings (SSSR count). The molecule has 0 aliphatic carbocycles. The maximum atomic E-state index is 5.70. The number of benzene rings is 1. The van der Waals surface area contributed by atoms with Crippen LogP contribution in [0.5, 0.6) is 0 Å². The van der Waals surface area contributed by atoms with E-state index in [1.807, 2.05) is 6.07 Å². The first-order valence-electron chi connectivity index (χ1n) is 6.39. The highest BCUT2D eigenvalue weighted by atomic mass is 16.7. The molecule has 0 fully saturated rings. The number of hydrogen-bond acceptors (Lipinski definition) is 2. The summed E-state index contributed by atoms with van der Waals surface area (Å²) in [7, 11) is 0. The summed E-state index contributed by atoms with van der Waals surface area (Å²) in [6.45, 7) is 2.95. The standard InChI is InChI=1S/C15H20O2/c1-2-3-10-16-15-12-14(9-11-17-15)13-7-5-4-6-8-13/h4-9,11,14-15H,2-3,10,12H2,1H3. The van der Waals surface area contributed by atoms with Crippen LogP contribution in [0.3, 0.4) is 0 Å². The van der Waals surface area contributed by atoms with Crippen molar-refractivity contribution >= 4 is 0 Å². The molecular formula is C15H20O2. The maximum Gasteiger partial charge on any atom is 0.199 e. The van der Waals surface area contributed by atoms with E-state index < -0.39 is 0 Å². The molecule has 0 bridgehead atoms. The highest BCUT2D eigenvalue weighted by molar-refractivity contribution is 5.24. The van der Waals surface area contributed by atoms with Crippen LogP contribution in [-0.4, -0.2) is 12.9 Å². The Morgan fingerprint density at radius 2 is 2.12 bits per heavy atom. The van der Waals surface area contributed by atoms with E-state index >= 15 is 0 Å². The molecule has 2 unspecified atom stereocenters. The van der Waals surface area contributed by atoms with E-state index in [4.69, 9.17) is 9.47 Å². The largest absolute Gasteiger partial charge is 0.473 e. The van der Waals surface area contributed by atoms with E-state index in [9.17, 15) is 0 Å². The molecule has 2 heteroatoms. The van der Waals surface area contributed by atoms with E-state index in [1.165, 1.54) is 5.56 Å². The quantitative estimate of drug-likeness (QED) is 0.718. The van der Waals surface area contributed by atoms with Gasteiger partial charge in [-0.2, -0.15) is 0 Å². The Morgan fingerprint density at radius 3 is 2.88 bits per heavy atom. The van der Waals surface area contributed by atoms with Gasteiger partial charge < -0.3 is 9.47 Å². The van der Waals surface area contributed by atoms with Gasteiger partial charge in [-0.15, -0.1) is 0 Å². The predicted octanol–water partition coefficient (Wildman–Crippen LogP) is 3.85. The van der Waals surface area contributed by atoms with Crippen molar-refractivity contribution in [1.82, 2.24) is 0 Å². The van der Waals surface area contributed by atoms with Gasteiger partial charge in [0.05, 0.1) is 12.9 Å². The minimum Gasteiger partial charge on any atom is -0.473 e. The zero-order chi connectivity index (χ0) is 11.9. The molecule has 0 radical (unpaired) electrons. The SMILES string of the molecule is CCCCOC1CC(c2ccccc2)C=CO1. The Labute approximate surface area is 103 Å². The summed E-state index contributed by atoms with van der Waals surface area (Å²) in [4.78, 5) is 0. The Balaban J connectivity index is 1.89. The molecule has 0 amide bonds. The molecule has 1 aromatic carbocycles. The number of allylic oxidation sites excluding steroid dienone is 1. The Kier molecular flexibility index (Phi) is 4.63. The molecule has 0 N–H and O–H groups in total. The van der Waals surface area contributed by atoms with Gasteiger partial charge in [-0.1, -0.05) is 43.7 Å². The summed E-state index contributed by atoms with van der Waals surface area (Å²) in [5, 5.41) is 0. The Morgan fingerprint density at radius 1 is 1.29 bits per heavy atom. The fourth-order valence-corrected chi connectivity index (χ4v) is 1.98. The predicted molar refractivity (Wildman–Crippen MR) is 68.7 cm³/mol. The van der Waals surface area contributed by atoms with Crippen LogP contribution in [0.2, 0.25) is 0 Å². The van der Waals surface area contributed by atoms with Crippen molar-refractivity contribution in [2.75, 3.05) is 6.61 Å². The smallest absolute Gasteiger partial charge is 0.199 e. The van der Waals surface area contributed by atoms with Crippen molar-refractivity contribution in [3.63, 3.8) is 0 Å². The molecular weight excluding hydrogens is 212 g/mol.